The minimum absolute atomic E-state index is 0.635. The molecule has 0 aliphatic carbocycles. The second-order valence-corrected chi connectivity index (χ2v) is 5.78. The lowest BCUT2D eigenvalue weighted by molar-refractivity contribution is 0.251. The summed E-state index contributed by atoms with van der Waals surface area (Å²) < 4.78 is 11.4. The van der Waals surface area contributed by atoms with Crippen LogP contribution in [0.4, 0.5) is 0 Å². The average Bonchev–Trinajstić information content (AvgIpc) is 2.88. The molecule has 3 nitrogen and oxygen atoms in total. The number of para-hydroxylation sites is 2. The van der Waals surface area contributed by atoms with Crippen LogP contribution in [0.1, 0.15) is 13.3 Å². The maximum atomic E-state index is 5.88. The monoisotopic (exact) mass is 281 g/mol. The normalized spacial score (nSPS) is 22.4. The van der Waals surface area contributed by atoms with E-state index in [0.717, 1.165) is 24.5 Å². The van der Waals surface area contributed by atoms with Crippen LogP contribution in [0.3, 0.4) is 0 Å². The Morgan fingerprint density at radius 2 is 1.95 bits per heavy atom. The summed E-state index contributed by atoms with van der Waals surface area (Å²) in [5, 5.41) is 3.39. The molecule has 2 atom stereocenters. The van der Waals surface area contributed by atoms with Crippen LogP contribution < -0.4 is 14.8 Å². The fourth-order valence-corrected chi connectivity index (χ4v) is 3.90. The first-order chi connectivity index (χ1) is 9.35. The van der Waals surface area contributed by atoms with E-state index < -0.39 is 0 Å². The minimum Gasteiger partial charge on any atom is -0.490 e. The van der Waals surface area contributed by atoms with Crippen molar-refractivity contribution >= 4 is 11.8 Å². The van der Waals surface area contributed by atoms with E-state index in [0.29, 0.717) is 18.6 Å². The summed E-state index contributed by atoms with van der Waals surface area (Å²) in [6, 6.07) is 8.53. The summed E-state index contributed by atoms with van der Waals surface area (Å²) in [5.74, 6) is 4.87. The molecule has 1 heterocycles. The number of ether oxygens (including phenoxy) is 2. The predicted molar refractivity (Wildman–Crippen MR) is 81.4 cm³/mol. The average molecular weight is 281 g/mol. The first kappa shape index (κ1) is 14.5. The van der Waals surface area contributed by atoms with Gasteiger partial charge in [-0.3, -0.25) is 0 Å². The van der Waals surface area contributed by atoms with Gasteiger partial charge in [-0.1, -0.05) is 12.1 Å². The first-order valence-electron chi connectivity index (χ1n) is 6.94. The largest absolute Gasteiger partial charge is 0.490 e. The van der Waals surface area contributed by atoms with E-state index >= 15 is 0 Å². The standard InChI is InChI=1S/C15H23NO2S/c1-3-17-14-6-4-5-7-15(14)18-9-8-12-10-19-11-13(12)16-2/h4-7,12-13,16H,3,8-11H2,1-2H3. The highest BCUT2D eigenvalue weighted by Crippen LogP contribution is 2.29. The third-order valence-electron chi connectivity index (χ3n) is 3.46. The molecule has 1 aromatic carbocycles. The molecule has 0 spiro atoms. The number of benzene rings is 1. The third-order valence-corrected chi connectivity index (χ3v) is 4.72. The number of rotatable bonds is 7. The molecular formula is C15H23NO2S. The van der Waals surface area contributed by atoms with Gasteiger partial charge in [-0.15, -0.1) is 0 Å². The summed E-state index contributed by atoms with van der Waals surface area (Å²) in [7, 11) is 2.05. The number of hydrogen-bond acceptors (Lipinski definition) is 4. The number of nitrogens with one attached hydrogen (secondary N) is 1. The fraction of sp³-hybridized carbons (Fsp3) is 0.600. The number of thioether (sulfide) groups is 1. The molecule has 2 unspecified atom stereocenters. The molecule has 1 saturated heterocycles. The van der Waals surface area contributed by atoms with Crippen LogP contribution in [0.25, 0.3) is 0 Å². The summed E-state index contributed by atoms with van der Waals surface area (Å²) >= 11 is 2.03. The van der Waals surface area contributed by atoms with Gasteiger partial charge in [0.05, 0.1) is 13.2 Å². The Hall–Kier alpha value is -0.870. The van der Waals surface area contributed by atoms with Crippen molar-refractivity contribution in [2.45, 2.75) is 19.4 Å². The lowest BCUT2D eigenvalue weighted by atomic mass is 10.0. The summed E-state index contributed by atoms with van der Waals surface area (Å²) in [5.41, 5.74) is 0. The smallest absolute Gasteiger partial charge is 0.161 e. The SMILES string of the molecule is CCOc1ccccc1OCCC1CSCC1NC. The van der Waals surface area contributed by atoms with E-state index in [1.165, 1.54) is 11.5 Å². The zero-order chi connectivity index (χ0) is 13.5. The Bertz CT molecular complexity index is 386. The first-order valence-corrected chi connectivity index (χ1v) is 8.10. The van der Waals surface area contributed by atoms with Gasteiger partial charge in [0, 0.05) is 11.8 Å². The van der Waals surface area contributed by atoms with Crippen molar-refractivity contribution in [3.05, 3.63) is 24.3 Å². The molecule has 1 fully saturated rings. The van der Waals surface area contributed by atoms with Gasteiger partial charge >= 0.3 is 0 Å². The molecule has 0 amide bonds. The fourth-order valence-electron chi connectivity index (χ4n) is 2.37. The molecule has 4 heteroatoms. The summed E-state index contributed by atoms with van der Waals surface area (Å²) in [6.45, 7) is 3.42. The van der Waals surface area contributed by atoms with Crippen molar-refractivity contribution in [1.82, 2.24) is 5.32 Å². The van der Waals surface area contributed by atoms with Crippen LogP contribution in [0.15, 0.2) is 24.3 Å². The number of hydrogen-bond donors (Lipinski definition) is 1. The van der Waals surface area contributed by atoms with Gasteiger partial charge in [-0.05, 0) is 44.2 Å². The molecule has 19 heavy (non-hydrogen) atoms. The van der Waals surface area contributed by atoms with E-state index in [1.807, 2.05) is 43.0 Å². The van der Waals surface area contributed by atoms with Crippen LogP contribution >= 0.6 is 11.8 Å². The lowest BCUT2D eigenvalue weighted by Crippen LogP contribution is -2.33. The highest BCUT2D eigenvalue weighted by molar-refractivity contribution is 7.99. The molecule has 1 aliphatic heterocycles. The van der Waals surface area contributed by atoms with Gasteiger partial charge in [-0.2, -0.15) is 11.8 Å². The van der Waals surface area contributed by atoms with Gasteiger partial charge in [-0.25, -0.2) is 0 Å². The molecule has 0 saturated carbocycles. The Kier molecular flexibility index (Phi) is 5.86. The highest BCUT2D eigenvalue weighted by Gasteiger charge is 2.26. The van der Waals surface area contributed by atoms with Crippen molar-refractivity contribution < 1.29 is 9.47 Å². The molecule has 0 bridgehead atoms. The Labute approximate surface area is 120 Å². The topological polar surface area (TPSA) is 30.5 Å². The molecule has 2 rings (SSSR count). The summed E-state index contributed by atoms with van der Waals surface area (Å²) in [6.07, 6.45) is 1.10. The van der Waals surface area contributed by atoms with Gasteiger partial charge in [0.2, 0.25) is 0 Å². The van der Waals surface area contributed by atoms with Crippen molar-refractivity contribution in [2.24, 2.45) is 5.92 Å². The van der Waals surface area contributed by atoms with Crippen LogP contribution in [0.5, 0.6) is 11.5 Å². The zero-order valence-corrected chi connectivity index (χ0v) is 12.5. The van der Waals surface area contributed by atoms with Crippen LogP contribution in [-0.2, 0) is 0 Å². The van der Waals surface area contributed by atoms with Gasteiger partial charge in [0.25, 0.3) is 0 Å². The van der Waals surface area contributed by atoms with Crippen LogP contribution in [0, 0.1) is 5.92 Å². The lowest BCUT2D eigenvalue weighted by Gasteiger charge is -2.18. The quantitative estimate of drug-likeness (QED) is 0.832. The van der Waals surface area contributed by atoms with Crippen molar-refractivity contribution in [2.75, 3.05) is 31.8 Å². The molecule has 1 aromatic rings. The molecule has 0 radical (unpaired) electrons. The Morgan fingerprint density at radius 3 is 2.63 bits per heavy atom. The second-order valence-electron chi connectivity index (χ2n) is 4.71. The third kappa shape index (κ3) is 4.05. The maximum Gasteiger partial charge on any atom is 0.161 e. The zero-order valence-electron chi connectivity index (χ0n) is 11.7. The summed E-state index contributed by atoms with van der Waals surface area (Å²) in [4.78, 5) is 0. The van der Waals surface area contributed by atoms with E-state index in [2.05, 4.69) is 12.4 Å². The van der Waals surface area contributed by atoms with E-state index in [-0.39, 0.29) is 0 Å². The Morgan fingerprint density at radius 1 is 1.21 bits per heavy atom. The highest BCUT2D eigenvalue weighted by atomic mass is 32.2. The molecular weight excluding hydrogens is 258 g/mol. The molecule has 1 N–H and O–H groups in total. The molecule has 106 valence electrons. The van der Waals surface area contributed by atoms with E-state index in [1.54, 1.807) is 0 Å². The van der Waals surface area contributed by atoms with Crippen molar-refractivity contribution in [3.63, 3.8) is 0 Å². The van der Waals surface area contributed by atoms with E-state index in [4.69, 9.17) is 9.47 Å². The van der Waals surface area contributed by atoms with Gasteiger partial charge < -0.3 is 14.8 Å². The second kappa shape index (κ2) is 7.65. The van der Waals surface area contributed by atoms with Crippen molar-refractivity contribution in [1.29, 1.82) is 0 Å². The maximum absolute atomic E-state index is 5.88. The van der Waals surface area contributed by atoms with Gasteiger partial charge in [0.15, 0.2) is 11.5 Å². The molecule has 1 aliphatic rings. The van der Waals surface area contributed by atoms with E-state index in [9.17, 15) is 0 Å². The Balaban J connectivity index is 1.82. The van der Waals surface area contributed by atoms with Gasteiger partial charge in [0.1, 0.15) is 0 Å². The van der Waals surface area contributed by atoms with Crippen LogP contribution in [0.2, 0.25) is 0 Å². The molecule has 0 aromatic heterocycles. The minimum atomic E-state index is 0.635. The van der Waals surface area contributed by atoms with Crippen molar-refractivity contribution in [3.8, 4) is 11.5 Å². The predicted octanol–water partition coefficient (Wildman–Crippen LogP) is 2.81. The van der Waals surface area contributed by atoms with Crippen LogP contribution in [-0.4, -0.2) is 37.8 Å².